The molecule has 0 spiro atoms. The summed E-state index contributed by atoms with van der Waals surface area (Å²) in [7, 11) is 0. The summed E-state index contributed by atoms with van der Waals surface area (Å²) in [5, 5.41) is 11.1. The van der Waals surface area contributed by atoms with E-state index in [4.69, 9.17) is 13.9 Å². The van der Waals surface area contributed by atoms with Gasteiger partial charge in [0.1, 0.15) is 11.3 Å². The molecule has 1 heterocycles. The number of hydrogen-bond donors (Lipinski definition) is 1. The van der Waals surface area contributed by atoms with Crippen molar-refractivity contribution in [2.45, 2.75) is 33.8 Å². The summed E-state index contributed by atoms with van der Waals surface area (Å²) >= 11 is 0. The molecule has 0 aliphatic carbocycles. The van der Waals surface area contributed by atoms with Crippen molar-refractivity contribution in [1.82, 2.24) is 0 Å². The van der Waals surface area contributed by atoms with Gasteiger partial charge in [0.15, 0.2) is 0 Å². The fourth-order valence-corrected chi connectivity index (χ4v) is 3.15. The summed E-state index contributed by atoms with van der Waals surface area (Å²) in [4.78, 5) is 25.0. The maximum Gasteiger partial charge on any atom is 0.343 e. The topological polar surface area (TPSA) is 86.0 Å². The Balaban J connectivity index is 1.93. The van der Waals surface area contributed by atoms with Crippen molar-refractivity contribution in [3.63, 3.8) is 0 Å². The third-order valence-corrected chi connectivity index (χ3v) is 4.69. The van der Waals surface area contributed by atoms with Crippen LogP contribution >= 0.6 is 0 Å². The van der Waals surface area contributed by atoms with E-state index in [-0.39, 0.29) is 43.0 Å². The lowest BCUT2D eigenvalue weighted by Crippen LogP contribution is -2.19. The first-order valence-electron chi connectivity index (χ1n) is 10.1. The average molecular weight is 423 g/mol. The summed E-state index contributed by atoms with van der Waals surface area (Å²) in [5.74, 6) is -0.534. The minimum absolute atomic E-state index is 0.101. The Hall–Kier alpha value is -3.12. The Morgan fingerprint density at radius 1 is 1.16 bits per heavy atom. The molecular weight excluding hydrogens is 396 g/mol. The Morgan fingerprint density at radius 3 is 2.61 bits per heavy atom. The lowest BCUT2D eigenvalue weighted by atomic mass is 9.98. The van der Waals surface area contributed by atoms with Crippen LogP contribution in [-0.2, 0) is 22.5 Å². The van der Waals surface area contributed by atoms with E-state index in [0.717, 1.165) is 5.56 Å². The third kappa shape index (κ3) is 5.52. The van der Waals surface area contributed by atoms with Crippen LogP contribution < -0.4 is 5.63 Å². The molecule has 0 unspecified atom stereocenters. The third-order valence-electron chi connectivity index (χ3n) is 4.69. The molecule has 0 fully saturated rings. The van der Waals surface area contributed by atoms with Gasteiger partial charge in [-0.25, -0.2) is 9.59 Å². The number of carbonyl (C=O) groups excluding carboxylic acids is 1. The first-order valence-corrected chi connectivity index (χ1v) is 10.1. The van der Waals surface area contributed by atoms with Gasteiger partial charge in [-0.15, -0.1) is 0 Å². The second kappa shape index (κ2) is 9.35. The zero-order chi connectivity index (χ0) is 22.6. The Morgan fingerprint density at radius 2 is 1.90 bits per heavy atom. The molecule has 1 radical (unpaired) electrons. The van der Waals surface area contributed by atoms with Crippen LogP contribution in [0.25, 0.3) is 11.0 Å². The normalized spacial score (nSPS) is 11.6. The molecule has 0 saturated carbocycles. The molecule has 0 aliphatic rings. The van der Waals surface area contributed by atoms with Crippen molar-refractivity contribution in [1.29, 1.82) is 0 Å². The van der Waals surface area contributed by atoms with Gasteiger partial charge < -0.3 is 19.0 Å². The number of benzene rings is 2. The molecule has 6 heteroatoms. The smallest absolute Gasteiger partial charge is 0.343 e. The van der Waals surface area contributed by atoms with Gasteiger partial charge in [0.25, 0.3) is 0 Å². The molecule has 0 saturated heterocycles. The van der Waals surface area contributed by atoms with Gasteiger partial charge >= 0.3 is 11.6 Å². The van der Waals surface area contributed by atoms with Crippen molar-refractivity contribution >= 4 is 16.9 Å². The Labute approximate surface area is 181 Å². The van der Waals surface area contributed by atoms with Crippen molar-refractivity contribution in [2.24, 2.45) is 5.41 Å². The lowest BCUT2D eigenvalue weighted by Gasteiger charge is -2.19. The van der Waals surface area contributed by atoms with E-state index in [2.05, 4.69) is 6.92 Å². The first kappa shape index (κ1) is 22.6. The molecule has 0 bridgehead atoms. The fourth-order valence-electron chi connectivity index (χ4n) is 3.15. The fraction of sp³-hybridized carbons (Fsp3) is 0.320. The molecule has 163 valence electrons. The summed E-state index contributed by atoms with van der Waals surface area (Å²) < 4.78 is 16.2. The van der Waals surface area contributed by atoms with Gasteiger partial charge in [-0.3, -0.25) is 0 Å². The number of esters is 1. The van der Waals surface area contributed by atoms with Gasteiger partial charge in [-0.05, 0) is 41.7 Å². The predicted octanol–water partition coefficient (Wildman–Crippen LogP) is 4.64. The highest BCUT2D eigenvalue weighted by molar-refractivity contribution is 5.91. The molecule has 3 aromatic rings. The number of fused-ring (bicyclic) bond motifs is 1. The molecule has 0 atom stereocenters. The van der Waals surface area contributed by atoms with Crippen LogP contribution in [-0.4, -0.2) is 24.3 Å². The second-order valence-corrected chi connectivity index (χ2v) is 8.57. The van der Waals surface area contributed by atoms with E-state index in [1.54, 1.807) is 42.5 Å². The van der Waals surface area contributed by atoms with E-state index in [9.17, 15) is 14.7 Å². The number of carbonyl (C=O) groups is 1. The standard InChI is InChI=1S/C25H27O6/c1-5-29-14-17-12-16(10-11-18(17)23(27)30-15-25(2,3)4)13-20-22(26)19-8-6-7-9-21(19)31-24(20)28/h6-12,26H,1,5,13-15H2,2-4H3. The molecule has 6 nitrogen and oxygen atoms in total. The average Bonchev–Trinajstić information content (AvgIpc) is 2.73. The van der Waals surface area contributed by atoms with E-state index >= 15 is 0 Å². The van der Waals surface area contributed by atoms with Crippen LogP contribution in [0.3, 0.4) is 0 Å². The number of hydrogen-bond acceptors (Lipinski definition) is 6. The zero-order valence-electron chi connectivity index (χ0n) is 18.1. The number of aromatic hydroxyl groups is 1. The van der Waals surface area contributed by atoms with Gasteiger partial charge in [0.2, 0.25) is 0 Å². The quantitative estimate of drug-likeness (QED) is 0.440. The van der Waals surface area contributed by atoms with E-state index in [0.29, 0.717) is 22.1 Å². The van der Waals surface area contributed by atoms with Crippen molar-refractivity contribution in [3.8, 4) is 5.75 Å². The highest BCUT2D eigenvalue weighted by Gasteiger charge is 2.19. The van der Waals surface area contributed by atoms with Crippen LogP contribution in [0.5, 0.6) is 5.75 Å². The first-order chi connectivity index (χ1) is 14.7. The Kier molecular flexibility index (Phi) is 6.81. The molecule has 3 rings (SSSR count). The summed E-state index contributed by atoms with van der Waals surface area (Å²) in [6, 6.07) is 12.0. The lowest BCUT2D eigenvalue weighted by molar-refractivity contribution is 0.0361. The van der Waals surface area contributed by atoms with Crippen molar-refractivity contribution < 1.29 is 23.8 Å². The SMILES string of the molecule is [CH2]COCc1cc(Cc2c(O)c3ccccc3oc2=O)ccc1C(=O)OCC(C)(C)C. The van der Waals surface area contributed by atoms with Crippen LogP contribution in [0, 0.1) is 12.3 Å². The number of para-hydroxylation sites is 1. The second-order valence-electron chi connectivity index (χ2n) is 8.57. The molecule has 1 aromatic heterocycles. The largest absolute Gasteiger partial charge is 0.507 e. The zero-order valence-corrected chi connectivity index (χ0v) is 18.1. The van der Waals surface area contributed by atoms with Crippen molar-refractivity contribution in [2.75, 3.05) is 13.2 Å². The molecule has 31 heavy (non-hydrogen) atoms. The van der Waals surface area contributed by atoms with E-state index < -0.39 is 11.6 Å². The van der Waals surface area contributed by atoms with Gasteiger partial charge in [-0.2, -0.15) is 0 Å². The predicted molar refractivity (Wildman–Crippen MR) is 118 cm³/mol. The van der Waals surface area contributed by atoms with Gasteiger partial charge in [-0.1, -0.05) is 45.0 Å². The van der Waals surface area contributed by atoms with Crippen LogP contribution in [0.2, 0.25) is 0 Å². The van der Waals surface area contributed by atoms with E-state index in [1.165, 1.54) is 0 Å². The maximum absolute atomic E-state index is 12.6. The number of ether oxygens (including phenoxy) is 2. The summed E-state index contributed by atoms with van der Waals surface area (Å²) in [5.41, 5.74) is 1.50. The molecule has 1 N–H and O–H groups in total. The minimum atomic E-state index is -0.597. The molecular formula is C25H27O6. The Bertz CT molecular complexity index is 1140. The summed E-state index contributed by atoms with van der Waals surface area (Å²) in [6.45, 7) is 10.3. The molecule has 2 aromatic carbocycles. The van der Waals surface area contributed by atoms with Crippen LogP contribution in [0.1, 0.15) is 47.8 Å². The molecule has 0 amide bonds. The highest BCUT2D eigenvalue weighted by Crippen LogP contribution is 2.28. The molecule has 0 aliphatic heterocycles. The van der Waals surface area contributed by atoms with E-state index in [1.807, 2.05) is 20.8 Å². The number of rotatable bonds is 7. The van der Waals surface area contributed by atoms with Crippen molar-refractivity contribution in [3.05, 3.63) is 82.1 Å². The van der Waals surface area contributed by atoms with Crippen LogP contribution in [0.4, 0.5) is 0 Å². The van der Waals surface area contributed by atoms with Crippen LogP contribution in [0.15, 0.2) is 51.7 Å². The highest BCUT2D eigenvalue weighted by atomic mass is 16.5. The minimum Gasteiger partial charge on any atom is -0.507 e. The summed E-state index contributed by atoms with van der Waals surface area (Å²) in [6.07, 6.45) is 0.147. The maximum atomic E-state index is 12.6. The monoisotopic (exact) mass is 423 g/mol. The van der Waals surface area contributed by atoms with Gasteiger partial charge in [0.05, 0.1) is 29.7 Å². The van der Waals surface area contributed by atoms with Gasteiger partial charge in [0, 0.05) is 13.0 Å².